The fraction of sp³-hybridized carbons (Fsp3) is 0.500. The van der Waals surface area contributed by atoms with Gasteiger partial charge in [0.05, 0.1) is 5.69 Å². The molecule has 0 saturated heterocycles. The lowest BCUT2D eigenvalue weighted by atomic mass is 10.1. The largest absolute Gasteiger partial charge is 0.479 e. The van der Waals surface area contributed by atoms with E-state index in [9.17, 15) is 14.4 Å². The van der Waals surface area contributed by atoms with Gasteiger partial charge in [-0.05, 0) is 59.1 Å². The summed E-state index contributed by atoms with van der Waals surface area (Å²) in [4.78, 5) is 39.7. The van der Waals surface area contributed by atoms with Crippen LogP contribution >= 0.6 is 0 Å². The molecule has 25 heavy (non-hydrogen) atoms. The lowest BCUT2D eigenvalue weighted by Gasteiger charge is -2.32. The van der Waals surface area contributed by atoms with Gasteiger partial charge in [-0.2, -0.15) is 0 Å². The summed E-state index contributed by atoms with van der Waals surface area (Å²) in [6.45, 7) is 4.43. The summed E-state index contributed by atoms with van der Waals surface area (Å²) in [5, 5.41) is 2.82. The van der Waals surface area contributed by atoms with Crippen LogP contribution < -0.4 is 15.0 Å². The van der Waals surface area contributed by atoms with Crippen LogP contribution in [0.5, 0.6) is 5.75 Å². The summed E-state index contributed by atoms with van der Waals surface area (Å²) in [5.41, 5.74) is 0.931. The van der Waals surface area contributed by atoms with Crippen molar-refractivity contribution in [1.82, 2.24) is 10.2 Å². The van der Waals surface area contributed by atoms with Crippen molar-refractivity contribution < 1.29 is 19.1 Å². The van der Waals surface area contributed by atoms with E-state index in [-0.39, 0.29) is 24.1 Å². The van der Waals surface area contributed by atoms with E-state index in [2.05, 4.69) is 5.32 Å². The van der Waals surface area contributed by atoms with Gasteiger partial charge in [-0.15, -0.1) is 0 Å². The molecule has 0 fully saturated rings. The van der Waals surface area contributed by atoms with E-state index in [1.54, 1.807) is 25.1 Å². The maximum Gasteiger partial charge on any atom is 0.268 e. The molecule has 1 heterocycles. The number of anilines is 1. The molecule has 1 aliphatic rings. The molecule has 1 aromatic carbocycles. The number of amides is 2. The number of hydrogen-bond acceptors (Lipinski definition) is 5. The van der Waals surface area contributed by atoms with Crippen molar-refractivity contribution in [2.24, 2.45) is 0 Å². The fourth-order valence-corrected chi connectivity index (χ4v) is 2.61. The quantitative estimate of drug-likeness (QED) is 0.590. The number of benzene rings is 1. The van der Waals surface area contributed by atoms with E-state index in [0.717, 1.165) is 13.0 Å². The molecule has 0 bridgehead atoms. The second-order valence-electron chi connectivity index (χ2n) is 6.43. The first-order chi connectivity index (χ1) is 11.8. The maximum absolute atomic E-state index is 12.5. The van der Waals surface area contributed by atoms with E-state index in [1.165, 1.54) is 11.8 Å². The Bertz CT molecular complexity index is 672. The Morgan fingerprint density at radius 2 is 2.04 bits per heavy atom. The van der Waals surface area contributed by atoms with Crippen molar-refractivity contribution in [3.63, 3.8) is 0 Å². The van der Waals surface area contributed by atoms with E-state index >= 15 is 0 Å². The topological polar surface area (TPSA) is 79.0 Å². The Labute approximate surface area is 147 Å². The molecule has 7 nitrogen and oxygen atoms in total. The fourth-order valence-electron chi connectivity index (χ4n) is 2.61. The molecule has 0 aromatic heterocycles. The lowest BCUT2D eigenvalue weighted by molar-refractivity contribution is -0.128. The van der Waals surface area contributed by atoms with Crippen LogP contribution in [0, 0.1) is 0 Å². The molecule has 7 heteroatoms. The Morgan fingerprint density at radius 1 is 1.32 bits per heavy atom. The van der Waals surface area contributed by atoms with Crippen LogP contribution in [0.2, 0.25) is 0 Å². The zero-order chi connectivity index (χ0) is 18.6. The number of hydrogen-bond donors (Lipinski definition) is 1. The zero-order valence-corrected chi connectivity index (χ0v) is 15.2. The molecule has 1 atom stereocenters. The second kappa shape index (κ2) is 8.11. The van der Waals surface area contributed by atoms with Crippen molar-refractivity contribution in [3.05, 3.63) is 23.8 Å². The number of carbonyl (C=O) groups is 3. The van der Waals surface area contributed by atoms with Crippen LogP contribution in [0.25, 0.3) is 0 Å². The van der Waals surface area contributed by atoms with Gasteiger partial charge in [0.1, 0.15) is 12.3 Å². The lowest BCUT2D eigenvalue weighted by Crippen LogP contribution is -2.49. The number of ketones is 1. The number of Topliss-reactive ketones (excluding diaryl/α,β-unsaturated/α-hetero) is 1. The number of nitrogens with one attached hydrogen (secondary N) is 1. The first-order valence-electron chi connectivity index (χ1n) is 8.34. The molecule has 2 amide bonds. The summed E-state index contributed by atoms with van der Waals surface area (Å²) in [7, 11) is 3.94. The molecule has 1 aliphatic heterocycles. The van der Waals surface area contributed by atoms with Crippen LogP contribution in [0.1, 0.15) is 30.6 Å². The molecular weight excluding hydrogens is 322 g/mol. The highest BCUT2D eigenvalue weighted by Crippen LogP contribution is 2.34. The van der Waals surface area contributed by atoms with E-state index < -0.39 is 6.10 Å². The van der Waals surface area contributed by atoms with E-state index in [1.807, 2.05) is 19.0 Å². The predicted molar refractivity (Wildman–Crippen MR) is 95.1 cm³/mol. The number of ether oxygens (including phenoxy) is 1. The highest BCUT2D eigenvalue weighted by atomic mass is 16.5. The summed E-state index contributed by atoms with van der Waals surface area (Å²) < 4.78 is 5.58. The molecule has 0 spiro atoms. The van der Waals surface area contributed by atoms with Gasteiger partial charge < -0.3 is 15.0 Å². The molecule has 1 unspecified atom stereocenters. The second-order valence-corrected chi connectivity index (χ2v) is 6.43. The molecular formula is C18H25N3O4. The Morgan fingerprint density at radius 3 is 2.68 bits per heavy atom. The molecule has 2 rings (SSSR count). The molecule has 0 aliphatic carbocycles. The van der Waals surface area contributed by atoms with Crippen molar-refractivity contribution in [3.8, 4) is 5.75 Å². The average molecular weight is 347 g/mol. The molecule has 0 saturated carbocycles. The number of carbonyl (C=O) groups excluding carboxylic acids is 3. The first-order valence-corrected chi connectivity index (χ1v) is 8.34. The van der Waals surface area contributed by atoms with Gasteiger partial charge in [0.15, 0.2) is 11.9 Å². The average Bonchev–Trinajstić information content (AvgIpc) is 2.55. The van der Waals surface area contributed by atoms with Gasteiger partial charge in [-0.25, -0.2) is 0 Å². The summed E-state index contributed by atoms with van der Waals surface area (Å²) in [5.74, 6) is -0.142. The van der Waals surface area contributed by atoms with Gasteiger partial charge in [-0.3, -0.25) is 19.3 Å². The summed E-state index contributed by atoms with van der Waals surface area (Å²) >= 11 is 0. The maximum atomic E-state index is 12.5. The van der Waals surface area contributed by atoms with Crippen LogP contribution in [0.3, 0.4) is 0 Å². The van der Waals surface area contributed by atoms with Crippen molar-refractivity contribution >= 4 is 23.3 Å². The Kier molecular flexibility index (Phi) is 6.14. The van der Waals surface area contributed by atoms with E-state index in [0.29, 0.717) is 23.5 Å². The number of nitrogens with zero attached hydrogens (tertiary/aromatic N) is 2. The smallest absolute Gasteiger partial charge is 0.268 e. The van der Waals surface area contributed by atoms with Gasteiger partial charge in [0, 0.05) is 12.1 Å². The first kappa shape index (κ1) is 18.9. The highest BCUT2D eigenvalue weighted by molar-refractivity contribution is 6.05. The third kappa shape index (κ3) is 4.79. The Balaban J connectivity index is 2.11. The van der Waals surface area contributed by atoms with Gasteiger partial charge in [0.25, 0.3) is 5.91 Å². The normalized spacial score (nSPS) is 16.4. The minimum atomic E-state index is -0.669. The van der Waals surface area contributed by atoms with Crippen LogP contribution in [0.4, 0.5) is 5.69 Å². The number of fused-ring (bicyclic) bond motifs is 1. The molecule has 0 radical (unpaired) electrons. The molecule has 1 aromatic rings. The van der Waals surface area contributed by atoms with Gasteiger partial charge in [-0.1, -0.05) is 0 Å². The van der Waals surface area contributed by atoms with Gasteiger partial charge in [0.2, 0.25) is 5.91 Å². The summed E-state index contributed by atoms with van der Waals surface area (Å²) in [6.07, 6.45) is 0.161. The van der Waals surface area contributed by atoms with Crippen molar-refractivity contribution in [2.75, 3.05) is 38.6 Å². The van der Waals surface area contributed by atoms with Crippen molar-refractivity contribution in [1.29, 1.82) is 0 Å². The Hall–Kier alpha value is -2.41. The SMILES string of the molecule is CC(=O)c1ccc2c(c1)N(CC(=O)NCCCN(C)C)C(=O)C(C)O2. The third-order valence-electron chi connectivity index (χ3n) is 3.98. The number of rotatable bonds is 7. The minimum absolute atomic E-state index is 0.0944. The highest BCUT2D eigenvalue weighted by Gasteiger charge is 2.33. The molecule has 1 N–H and O–H groups in total. The van der Waals surface area contributed by atoms with Gasteiger partial charge >= 0.3 is 0 Å². The minimum Gasteiger partial charge on any atom is -0.479 e. The summed E-state index contributed by atoms with van der Waals surface area (Å²) in [6, 6.07) is 4.92. The van der Waals surface area contributed by atoms with Crippen molar-refractivity contribution in [2.45, 2.75) is 26.4 Å². The zero-order valence-electron chi connectivity index (χ0n) is 15.2. The van der Waals surface area contributed by atoms with E-state index in [4.69, 9.17) is 4.74 Å². The van der Waals surface area contributed by atoms with Crippen LogP contribution in [0.15, 0.2) is 18.2 Å². The van der Waals surface area contributed by atoms with Crippen LogP contribution in [-0.4, -0.2) is 62.3 Å². The van der Waals surface area contributed by atoms with Crippen LogP contribution in [-0.2, 0) is 9.59 Å². The monoisotopic (exact) mass is 347 g/mol. The predicted octanol–water partition coefficient (Wildman–Crippen LogP) is 1.07. The molecule has 136 valence electrons. The standard InChI is InChI=1S/C18H25N3O4/c1-12(22)14-6-7-16-15(10-14)21(18(24)13(2)25-16)11-17(23)19-8-5-9-20(3)4/h6-7,10,13H,5,8-9,11H2,1-4H3,(H,19,23). The third-order valence-corrected chi connectivity index (χ3v) is 3.98.